The molecule has 0 bridgehead atoms. The molecule has 3 rings (SSSR count). The van der Waals surface area contributed by atoms with E-state index < -0.39 is 41.8 Å². The lowest BCUT2D eigenvalue weighted by Gasteiger charge is -2.37. The number of Topliss-reactive ketones (excluding diaryl/α,β-unsaturated/α-hetero) is 2. The van der Waals surface area contributed by atoms with Crippen molar-refractivity contribution in [2.75, 3.05) is 6.61 Å². The number of rotatable bonds is 5. The lowest BCUT2D eigenvalue weighted by atomic mass is 9.72. The first kappa shape index (κ1) is 18.4. The predicted molar refractivity (Wildman–Crippen MR) is 89.4 cm³/mol. The molecular formula is C19H18O7. The van der Waals surface area contributed by atoms with Gasteiger partial charge in [0.15, 0.2) is 11.9 Å². The molecule has 4 atom stereocenters. The van der Waals surface area contributed by atoms with Crippen LogP contribution in [0, 0.1) is 0 Å². The zero-order valence-electron chi connectivity index (χ0n) is 13.6. The van der Waals surface area contributed by atoms with Gasteiger partial charge in [0, 0.05) is 11.1 Å². The predicted octanol–water partition coefficient (Wildman–Crippen LogP) is -0.0761. The van der Waals surface area contributed by atoms with Crippen molar-refractivity contribution in [3.63, 3.8) is 0 Å². The molecule has 1 fully saturated rings. The maximum absolute atomic E-state index is 13.0. The van der Waals surface area contributed by atoms with Crippen molar-refractivity contribution in [1.82, 2.24) is 0 Å². The summed E-state index contributed by atoms with van der Waals surface area (Å²) in [7, 11) is 0. The molecular weight excluding hydrogens is 340 g/mol. The normalized spacial score (nSPS) is 30.9. The van der Waals surface area contributed by atoms with Gasteiger partial charge < -0.3 is 25.2 Å². The van der Waals surface area contributed by atoms with Crippen LogP contribution in [0.3, 0.4) is 0 Å². The second kappa shape index (κ2) is 6.71. The summed E-state index contributed by atoms with van der Waals surface area (Å²) in [6.45, 7) is -0.892. The van der Waals surface area contributed by atoms with Gasteiger partial charge in [0.2, 0.25) is 17.2 Å². The van der Waals surface area contributed by atoms with E-state index >= 15 is 0 Å². The van der Waals surface area contributed by atoms with Crippen LogP contribution < -0.4 is 0 Å². The Morgan fingerprint density at radius 2 is 1.27 bits per heavy atom. The van der Waals surface area contributed by atoms with Crippen LogP contribution in [0.15, 0.2) is 60.7 Å². The molecule has 2 aromatic carbocycles. The smallest absolute Gasteiger partial charge is 0.217 e. The van der Waals surface area contributed by atoms with Gasteiger partial charge in [0.1, 0.15) is 6.10 Å². The van der Waals surface area contributed by atoms with Gasteiger partial charge in [0.05, 0.1) is 6.61 Å². The topological polar surface area (TPSA) is 124 Å². The number of ketones is 2. The monoisotopic (exact) mass is 358 g/mol. The second-order valence-electron chi connectivity index (χ2n) is 6.08. The van der Waals surface area contributed by atoms with E-state index in [0.717, 1.165) is 0 Å². The molecule has 26 heavy (non-hydrogen) atoms. The molecule has 1 aliphatic rings. The summed E-state index contributed by atoms with van der Waals surface area (Å²) in [5.41, 5.74) is -5.91. The van der Waals surface area contributed by atoms with Crippen LogP contribution in [0.1, 0.15) is 20.7 Å². The fourth-order valence-electron chi connectivity index (χ4n) is 3.19. The van der Waals surface area contributed by atoms with E-state index in [1.807, 2.05) is 0 Å². The Balaban J connectivity index is 2.15. The number of ether oxygens (including phenoxy) is 1. The lowest BCUT2D eigenvalue weighted by molar-refractivity contribution is -0.161. The van der Waals surface area contributed by atoms with Gasteiger partial charge in [-0.3, -0.25) is 9.59 Å². The van der Waals surface area contributed by atoms with Crippen LogP contribution in [-0.2, 0) is 4.74 Å². The van der Waals surface area contributed by atoms with Crippen LogP contribution in [0.5, 0.6) is 0 Å². The number of carbonyl (C=O) groups excluding carboxylic acids is 2. The van der Waals surface area contributed by atoms with E-state index in [9.17, 15) is 30.0 Å². The van der Waals surface area contributed by atoms with Crippen molar-refractivity contribution in [3.8, 4) is 0 Å². The Hall–Kier alpha value is -2.42. The number of benzene rings is 2. The van der Waals surface area contributed by atoms with Crippen LogP contribution >= 0.6 is 0 Å². The molecule has 0 radical (unpaired) electrons. The molecule has 0 aromatic heterocycles. The van der Waals surface area contributed by atoms with Crippen LogP contribution in [0.4, 0.5) is 0 Å². The van der Waals surface area contributed by atoms with Crippen molar-refractivity contribution >= 4 is 11.6 Å². The fourth-order valence-corrected chi connectivity index (χ4v) is 3.19. The average Bonchev–Trinajstić information content (AvgIpc) is 2.90. The Bertz CT molecular complexity index is 807. The summed E-state index contributed by atoms with van der Waals surface area (Å²) in [5, 5.41) is 41.9. The number of aliphatic hydroxyl groups excluding tert-OH is 2. The molecule has 4 N–H and O–H groups in total. The van der Waals surface area contributed by atoms with Gasteiger partial charge in [-0.05, 0) is 0 Å². The fraction of sp³-hybridized carbons (Fsp3) is 0.263. The van der Waals surface area contributed by atoms with E-state index in [0.29, 0.717) is 0 Å². The van der Waals surface area contributed by atoms with Gasteiger partial charge >= 0.3 is 0 Å². The van der Waals surface area contributed by atoms with E-state index in [2.05, 4.69) is 0 Å². The molecule has 0 spiro atoms. The molecule has 7 heteroatoms. The van der Waals surface area contributed by atoms with Crippen molar-refractivity contribution in [3.05, 3.63) is 71.8 Å². The minimum atomic E-state index is -2.99. The molecule has 136 valence electrons. The Morgan fingerprint density at radius 1 is 0.846 bits per heavy atom. The summed E-state index contributed by atoms with van der Waals surface area (Å²) in [6, 6.07) is 14.9. The molecule has 0 amide bonds. The SMILES string of the molecule is O=C(c1ccccc1)[C@@]1(O)[C@@H](CO)O[C@H](O)[C@@]1(O)C(=O)c1ccccc1. The first-order chi connectivity index (χ1) is 12.4. The van der Waals surface area contributed by atoms with Gasteiger partial charge in [0.25, 0.3) is 0 Å². The summed E-state index contributed by atoms with van der Waals surface area (Å²) in [4.78, 5) is 25.9. The number of aliphatic hydroxyl groups is 4. The van der Waals surface area contributed by atoms with Crippen LogP contribution in [0.25, 0.3) is 0 Å². The quantitative estimate of drug-likeness (QED) is 0.551. The number of hydrogen-bond acceptors (Lipinski definition) is 7. The third kappa shape index (κ3) is 2.49. The summed E-state index contributed by atoms with van der Waals surface area (Å²) < 4.78 is 4.99. The maximum atomic E-state index is 13.0. The van der Waals surface area contributed by atoms with E-state index in [-0.39, 0.29) is 11.1 Å². The maximum Gasteiger partial charge on any atom is 0.217 e. The van der Waals surface area contributed by atoms with Crippen molar-refractivity contribution in [1.29, 1.82) is 0 Å². The minimum Gasteiger partial charge on any atom is -0.394 e. The summed E-state index contributed by atoms with van der Waals surface area (Å²) >= 11 is 0. The first-order valence-corrected chi connectivity index (χ1v) is 7.96. The van der Waals surface area contributed by atoms with Gasteiger partial charge in [-0.25, -0.2) is 0 Å². The van der Waals surface area contributed by atoms with E-state index in [1.54, 1.807) is 12.1 Å². The second-order valence-corrected chi connectivity index (χ2v) is 6.08. The largest absolute Gasteiger partial charge is 0.394 e. The van der Waals surface area contributed by atoms with Crippen molar-refractivity contribution < 1.29 is 34.8 Å². The summed E-state index contributed by atoms with van der Waals surface area (Å²) in [5.74, 6) is -2.13. The standard InChI is InChI=1S/C19H18O7/c20-11-14-18(24,15(21)12-7-3-1-4-8-12)19(25,17(23)26-14)16(22)13-9-5-2-6-10-13/h1-10,14,17,20,23-25H,11H2/t14-,17+,18+,19+/m1/s1. The van der Waals surface area contributed by atoms with Crippen molar-refractivity contribution in [2.45, 2.75) is 23.6 Å². The molecule has 7 nitrogen and oxygen atoms in total. The van der Waals surface area contributed by atoms with Crippen LogP contribution in [-0.4, -0.2) is 62.2 Å². The highest BCUT2D eigenvalue weighted by Gasteiger charge is 2.73. The third-order valence-corrected chi connectivity index (χ3v) is 4.63. The molecule has 1 saturated heterocycles. The molecule has 2 aromatic rings. The highest BCUT2D eigenvalue weighted by molar-refractivity contribution is 6.13. The number of hydrogen-bond donors (Lipinski definition) is 4. The molecule has 1 aliphatic heterocycles. The average molecular weight is 358 g/mol. The lowest BCUT2D eigenvalue weighted by Crippen LogP contribution is -2.68. The first-order valence-electron chi connectivity index (χ1n) is 7.96. The Morgan fingerprint density at radius 3 is 1.69 bits per heavy atom. The highest BCUT2D eigenvalue weighted by atomic mass is 16.7. The minimum absolute atomic E-state index is 0.00885. The number of carbonyl (C=O) groups is 2. The third-order valence-electron chi connectivity index (χ3n) is 4.63. The van der Waals surface area contributed by atoms with Crippen LogP contribution in [0.2, 0.25) is 0 Å². The Labute approximate surface area is 149 Å². The van der Waals surface area contributed by atoms with E-state index in [1.165, 1.54) is 48.5 Å². The Kier molecular flexibility index (Phi) is 4.74. The van der Waals surface area contributed by atoms with Gasteiger partial charge in [-0.15, -0.1) is 0 Å². The van der Waals surface area contributed by atoms with Gasteiger partial charge in [-0.1, -0.05) is 60.7 Å². The van der Waals surface area contributed by atoms with Gasteiger partial charge in [-0.2, -0.15) is 0 Å². The zero-order valence-corrected chi connectivity index (χ0v) is 13.6. The molecule has 0 saturated carbocycles. The molecule has 0 aliphatic carbocycles. The zero-order chi connectivity index (χ0) is 18.9. The highest BCUT2D eigenvalue weighted by Crippen LogP contribution is 2.43. The molecule has 1 heterocycles. The molecule has 0 unspecified atom stereocenters. The summed E-state index contributed by atoms with van der Waals surface area (Å²) in [6.07, 6.45) is -3.90. The van der Waals surface area contributed by atoms with Crippen molar-refractivity contribution in [2.24, 2.45) is 0 Å². The van der Waals surface area contributed by atoms with E-state index in [4.69, 9.17) is 4.74 Å².